The molecule has 1 aliphatic heterocycles. The van der Waals surface area contributed by atoms with Crippen LogP contribution in [-0.4, -0.2) is 31.7 Å². The van der Waals surface area contributed by atoms with Gasteiger partial charge in [-0.1, -0.05) is 0 Å². The van der Waals surface area contributed by atoms with E-state index < -0.39 is 5.97 Å². The SMILES string of the molecule is COC(=O)c1c(Br)ccc(NC(=O)CCC2CCCCO2)c1C. The Labute approximate surface area is 144 Å². The molecule has 0 saturated carbocycles. The van der Waals surface area contributed by atoms with Gasteiger partial charge in [0.2, 0.25) is 5.91 Å². The van der Waals surface area contributed by atoms with E-state index in [1.54, 1.807) is 19.1 Å². The van der Waals surface area contributed by atoms with Crippen LogP contribution in [0.1, 0.15) is 48.0 Å². The topological polar surface area (TPSA) is 64.6 Å². The summed E-state index contributed by atoms with van der Waals surface area (Å²) in [5.74, 6) is -0.499. The van der Waals surface area contributed by atoms with Crippen LogP contribution in [0.3, 0.4) is 0 Å². The monoisotopic (exact) mass is 383 g/mol. The summed E-state index contributed by atoms with van der Waals surface area (Å²) in [5.41, 5.74) is 1.75. The zero-order chi connectivity index (χ0) is 16.8. The van der Waals surface area contributed by atoms with Gasteiger partial charge in [-0.3, -0.25) is 4.79 Å². The van der Waals surface area contributed by atoms with Gasteiger partial charge in [-0.2, -0.15) is 0 Å². The Morgan fingerprint density at radius 3 is 2.83 bits per heavy atom. The Morgan fingerprint density at radius 2 is 2.17 bits per heavy atom. The van der Waals surface area contributed by atoms with E-state index in [1.165, 1.54) is 13.5 Å². The van der Waals surface area contributed by atoms with Gasteiger partial charge in [0.05, 0.1) is 18.8 Å². The lowest BCUT2D eigenvalue weighted by Gasteiger charge is -2.22. The molecule has 2 rings (SSSR count). The van der Waals surface area contributed by atoms with E-state index in [0.717, 1.165) is 25.9 Å². The Balaban J connectivity index is 1.99. The standard InChI is InChI=1S/C17H22BrNO4/c1-11-14(8-7-13(18)16(11)17(21)22-2)19-15(20)9-6-12-5-3-4-10-23-12/h7-8,12H,3-6,9-10H2,1-2H3,(H,19,20). The molecule has 1 amide bonds. The fraction of sp³-hybridized carbons (Fsp3) is 0.529. The number of ether oxygens (including phenoxy) is 2. The second-order valence-corrected chi connectivity index (χ2v) is 6.52. The van der Waals surface area contributed by atoms with Gasteiger partial charge in [0.25, 0.3) is 0 Å². The Bertz CT molecular complexity index is 582. The predicted molar refractivity (Wildman–Crippen MR) is 91.7 cm³/mol. The minimum Gasteiger partial charge on any atom is -0.465 e. The minimum absolute atomic E-state index is 0.0691. The average molecular weight is 384 g/mol. The average Bonchev–Trinajstić information content (AvgIpc) is 2.56. The molecule has 1 unspecified atom stereocenters. The largest absolute Gasteiger partial charge is 0.465 e. The molecule has 1 aromatic rings. The van der Waals surface area contributed by atoms with Crippen LogP contribution in [0, 0.1) is 6.92 Å². The molecule has 1 aliphatic rings. The number of nitrogens with one attached hydrogen (secondary N) is 1. The highest BCUT2D eigenvalue weighted by molar-refractivity contribution is 9.10. The lowest BCUT2D eigenvalue weighted by molar-refractivity contribution is -0.117. The van der Waals surface area contributed by atoms with Crippen molar-refractivity contribution in [1.29, 1.82) is 0 Å². The van der Waals surface area contributed by atoms with Crippen molar-refractivity contribution in [2.24, 2.45) is 0 Å². The molecule has 5 nitrogen and oxygen atoms in total. The molecular weight excluding hydrogens is 362 g/mol. The molecule has 1 saturated heterocycles. The molecule has 126 valence electrons. The fourth-order valence-electron chi connectivity index (χ4n) is 2.71. The summed E-state index contributed by atoms with van der Waals surface area (Å²) in [5, 5.41) is 2.87. The van der Waals surface area contributed by atoms with Gasteiger partial charge in [-0.25, -0.2) is 4.79 Å². The number of esters is 1. The maximum atomic E-state index is 12.1. The lowest BCUT2D eigenvalue weighted by atomic mass is 10.0. The normalized spacial score (nSPS) is 17.6. The first-order chi connectivity index (χ1) is 11.0. The third kappa shape index (κ3) is 4.78. The van der Waals surface area contributed by atoms with E-state index >= 15 is 0 Å². The van der Waals surface area contributed by atoms with Crippen LogP contribution < -0.4 is 5.32 Å². The van der Waals surface area contributed by atoms with Crippen LogP contribution in [0.5, 0.6) is 0 Å². The molecule has 0 spiro atoms. The fourth-order valence-corrected chi connectivity index (χ4v) is 3.30. The minimum atomic E-state index is -0.430. The molecule has 1 atom stereocenters. The van der Waals surface area contributed by atoms with Crippen LogP contribution in [0.25, 0.3) is 0 Å². The highest BCUT2D eigenvalue weighted by Gasteiger charge is 2.19. The maximum absolute atomic E-state index is 12.1. The van der Waals surface area contributed by atoms with Crippen LogP contribution in [-0.2, 0) is 14.3 Å². The Kier molecular flexibility index (Phi) is 6.59. The van der Waals surface area contributed by atoms with Crippen LogP contribution in [0.15, 0.2) is 16.6 Å². The molecule has 0 radical (unpaired) electrons. The van der Waals surface area contributed by atoms with Crippen LogP contribution >= 0.6 is 15.9 Å². The molecule has 1 aromatic carbocycles. The molecule has 23 heavy (non-hydrogen) atoms. The third-order valence-corrected chi connectivity index (χ3v) is 4.71. The van der Waals surface area contributed by atoms with Crippen LogP contribution in [0.4, 0.5) is 5.69 Å². The molecule has 1 N–H and O–H groups in total. The number of carbonyl (C=O) groups is 2. The van der Waals surface area contributed by atoms with Gasteiger partial charge < -0.3 is 14.8 Å². The van der Waals surface area contributed by atoms with E-state index in [0.29, 0.717) is 27.7 Å². The highest BCUT2D eigenvalue weighted by Crippen LogP contribution is 2.28. The summed E-state index contributed by atoms with van der Waals surface area (Å²) in [7, 11) is 1.34. The van der Waals surface area contributed by atoms with Crippen molar-refractivity contribution in [3.05, 3.63) is 27.7 Å². The summed E-state index contributed by atoms with van der Waals surface area (Å²) < 4.78 is 11.1. The number of hydrogen-bond acceptors (Lipinski definition) is 4. The smallest absolute Gasteiger partial charge is 0.339 e. The molecule has 0 aromatic heterocycles. The number of benzene rings is 1. The predicted octanol–water partition coefficient (Wildman–Crippen LogP) is 3.83. The zero-order valence-corrected chi connectivity index (χ0v) is 15.1. The quantitative estimate of drug-likeness (QED) is 0.784. The van der Waals surface area contributed by atoms with Gasteiger partial charge in [-0.05, 0) is 66.2 Å². The summed E-state index contributed by atoms with van der Waals surface area (Å²) in [6.45, 7) is 2.58. The highest BCUT2D eigenvalue weighted by atomic mass is 79.9. The number of carbonyl (C=O) groups excluding carboxylic acids is 2. The first-order valence-electron chi connectivity index (χ1n) is 7.81. The Morgan fingerprint density at radius 1 is 1.39 bits per heavy atom. The third-order valence-electron chi connectivity index (χ3n) is 4.05. The van der Waals surface area contributed by atoms with Gasteiger partial charge in [0, 0.05) is 23.2 Å². The van der Waals surface area contributed by atoms with Gasteiger partial charge in [0.15, 0.2) is 0 Å². The van der Waals surface area contributed by atoms with Crippen molar-refractivity contribution in [3.8, 4) is 0 Å². The molecule has 1 fully saturated rings. The number of rotatable bonds is 5. The molecule has 0 aliphatic carbocycles. The molecule has 1 heterocycles. The van der Waals surface area contributed by atoms with Gasteiger partial charge in [-0.15, -0.1) is 0 Å². The van der Waals surface area contributed by atoms with E-state index in [9.17, 15) is 9.59 Å². The molecular formula is C17H22BrNO4. The summed E-state index contributed by atoms with van der Waals surface area (Å²) in [6.07, 6.45) is 4.62. The second kappa shape index (κ2) is 8.45. The molecule has 0 bridgehead atoms. The van der Waals surface area contributed by atoms with Crippen LogP contribution in [0.2, 0.25) is 0 Å². The number of methoxy groups -OCH3 is 1. The van der Waals surface area contributed by atoms with Crippen molar-refractivity contribution in [1.82, 2.24) is 0 Å². The van der Waals surface area contributed by atoms with Gasteiger partial charge >= 0.3 is 5.97 Å². The number of halogens is 1. The van der Waals surface area contributed by atoms with E-state index in [2.05, 4.69) is 21.2 Å². The van der Waals surface area contributed by atoms with Crippen molar-refractivity contribution in [2.45, 2.75) is 45.1 Å². The Hall–Kier alpha value is -1.40. The zero-order valence-electron chi connectivity index (χ0n) is 13.5. The van der Waals surface area contributed by atoms with Crippen molar-refractivity contribution < 1.29 is 19.1 Å². The number of anilines is 1. The summed E-state index contributed by atoms with van der Waals surface area (Å²) >= 11 is 3.34. The summed E-state index contributed by atoms with van der Waals surface area (Å²) in [6, 6.07) is 3.51. The second-order valence-electron chi connectivity index (χ2n) is 5.66. The van der Waals surface area contributed by atoms with E-state index in [4.69, 9.17) is 9.47 Å². The summed E-state index contributed by atoms with van der Waals surface area (Å²) in [4.78, 5) is 24.0. The van der Waals surface area contributed by atoms with Gasteiger partial charge in [0.1, 0.15) is 0 Å². The first-order valence-corrected chi connectivity index (χ1v) is 8.61. The molecule has 6 heteroatoms. The lowest BCUT2D eigenvalue weighted by Crippen LogP contribution is -2.22. The van der Waals surface area contributed by atoms with Crippen molar-refractivity contribution in [3.63, 3.8) is 0 Å². The van der Waals surface area contributed by atoms with E-state index in [-0.39, 0.29) is 12.0 Å². The van der Waals surface area contributed by atoms with Crippen molar-refractivity contribution >= 4 is 33.5 Å². The maximum Gasteiger partial charge on any atom is 0.339 e. The van der Waals surface area contributed by atoms with Crippen molar-refractivity contribution in [2.75, 3.05) is 19.0 Å². The number of amides is 1. The van der Waals surface area contributed by atoms with E-state index in [1.807, 2.05) is 0 Å². The first kappa shape index (κ1) is 17.9. The number of hydrogen-bond donors (Lipinski definition) is 1.